The van der Waals surface area contributed by atoms with Gasteiger partial charge < -0.3 is 9.47 Å². The van der Waals surface area contributed by atoms with Crippen molar-refractivity contribution in [3.8, 4) is 0 Å². The zero-order chi connectivity index (χ0) is 5.82. The molecule has 1 fully saturated rings. The molecular formula is C6H12O2Zn. The zero-order valence-electron chi connectivity index (χ0n) is 5.93. The number of hydrogen-bond donors (Lipinski definition) is 0. The van der Waals surface area contributed by atoms with Gasteiger partial charge in [-0.1, -0.05) is 6.92 Å². The second-order valence-electron chi connectivity index (χ2n) is 1.93. The van der Waals surface area contributed by atoms with Crippen molar-refractivity contribution in [1.29, 1.82) is 0 Å². The Bertz CT molecular complexity index is 62.1. The SMILES string of the molecule is CCC1OCCCO1.[Zn]. The fraction of sp³-hybridized carbons (Fsp3) is 1.00. The zero-order valence-corrected chi connectivity index (χ0v) is 8.90. The third-order valence-corrected chi connectivity index (χ3v) is 1.23. The average molecular weight is 182 g/mol. The first-order valence-corrected chi connectivity index (χ1v) is 3.16. The molecule has 0 amide bonds. The fourth-order valence-corrected chi connectivity index (χ4v) is 0.772. The van der Waals surface area contributed by atoms with E-state index in [4.69, 9.17) is 9.47 Å². The summed E-state index contributed by atoms with van der Waals surface area (Å²) in [6.07, 6.45) is 2.11. The van der Waals surface area contributed by atoms with Crippen LogP contribution >= 0.6 is 0 Å². The van der Waals surface area contributed by atoms with Crippen LogP contribution in [0.2, 0.25) is 0 Å². The summed E-state index contributed by atoms with van der Waals surface area (Å²) in [4.78, 5) is 0. The molecule has 0 atom stereocenters. The van der Waals surface area contributed by atoms with Gasteiger partial charge in [0.25, 0.3) is 0 Å². The van der Waals surface area contributed by atoms with E-state index in [1.165, 1.54) is 0 Å². The molecule has 0 aliphatic carbocycles. The Balaban J connectivity index is 0.000000640. The Morgan fingerprint density at radius 2 is 1.89 bits per heavy atom. The average Bonchev–Trinajstić information content (AvgIpc) is 1.90. The van der Waals surface area contributed by atoms with Crippen molar-refractivity contribution in [3.05, 3.63) is 0 Å². The van der Waals surface area contributed by atoms with Gasteiger partial charge in [-0.2, -0.15) is 0 Å². The molecule has 0 radical (unpaired) electrons. The van der Waals surface area contributed by atoms with Crippen LogP contribution < -0.4 is 0 Å². The maximum absolute atomic E-state index is 5.20. The first-order valence-electron chi connectivity index (χ1n) is 3.16. The molecule has 0 aromatic rings. The summed E-state index contributed by atoms with van der Waals surface area (Å²) in [5.74, 6) is 0. The normalized spacial score (nSPS) is 21.0. The van der Waals surface area contributed by atoms with Crippen LogP contribution in [0, 0.1) is 0 Å². The van der Waals surface area contributed by atoms with Crippen LogP contribution in [0.25, 0.3) is 0 Å². The number of rotatable bonds is 1. The molecule has 1 aliphatic heterocycles. The Labute approximate surface area is 68.7 Å². The van der Waals surface area contributed by atoms with Crippen molar-refractivity contribution in [2.24, 2.45) is 0 Å². The predicted octanol–water partition coefficient (Wildman–Crippen LogP) is 1.16. The van der Waals surface area contributed by atoms with Crippen LogP contribution in [0.4, 0.5) is 0 Å². The molecule has 1 rings (SSSR count). The van der Waals surface area contributed by atoms with Gasteiger partial charge in [-0.05, 0) is 12.8 Å². The standard InChI is InChI=1S/C6H12O2.Zn/c1-2-6-7-4-3-5-8-6;/h6H,2-5H2,1H3;. The van der Waals surface area contributed by atoms with E-state index in [2.05, 4.69) is 6.92 Å². The van der Waals surface area contributed by atoms with Gasteiger partial charge in [-0.25, -0.2) is 0 Å². The van der Waals surface area contributed by atoms with Gasteiger partial charge in [-0.15, -0.1) is 0 Å². The minimum absolute atomic E-state index is 0. The largest absolute Gasteiger partial charge is 0.353 e. The molecule has 1 saturated heterocycles. The maximum atomic E-state index is 5.20. The van der Waals surface area contributed by atoms with Crippen molar-refractivity contribution in [2.45, 2.75) is 26.1 Å². The van der Waals surface area contributed by atoms with E-state index in [-0.39, 0.29) is 25.8 Å². The van der Waals surface area contributed by atoms with Crippen LogP contribution in [-0.2, 0) is 29.0 Å². The van der Waals surface area contributed by atoms with Gasteiger partial charge in [0, 0.05) is 19.5 Å². The molecule has 2 nitrogen and oxygen atoms in total. The van der Waals surface area contributed by atoms with Gasteiger partial charge >= 0.3 is 0 Å². The van der Waals surface area contributed by atoms with E-state index in [0.717, 1.165) is 26.1 Å². The summed E-state index contributed by atoms with van der Waals surface area (Å²) in [5, 5.41) is 0. The molecule has 1 heterocycles. The summed E-state index contributed by atoms with van der Waals surface area (Å²) in [6, 6.07) is 0. The molecule has 0 N–H and O–H groups in total. The molecule has 3 heteroatoms. The van der Waals surface area contributed by atoms with Crippen LogP contribution in [0.5, 0.6) is 0 Å². The Kier molecular flexibility index (Phi) is 5.66. The summed E-state index contributed by atoms with van der Waals surface area (Å²) in [5.41, 5.74) is 0. The van der Waals surface area contributed by atoms with Gasteiger partial charge in [0.15, 0.2) is 6.29 Å². The second-order valence-corrected chi connectivity index (χ2v) is 1.93. The van der Waals surface area contributed by atoms with Crippen molar-refractivity contribution in [3.63, 3.8) is 0 Å². The summed E-state index contributed by atoms with van der Waals surface area (Å²) >= 11 is 0. The van der Waals surface area contributed by atoms with Crippen LogP contribution in [-0.4, -0.2) is 19.5 Å². The second kappa shape index (κ2) is 5.34. The Hall–Kier alpha value is 0.543. The number of hydrogen-bond acceptors (Lipinski definition) is 2. The van der Waals surface area contributed by atoms with Crippen LogP contribution in [0.15, 0.2) is 0 Å². The Morgan fingerprint density at radius 1 is 1.33 bits per heavy atom. The Morgan fingerprint density at radius 3 is 2.22 bits per heavy atom. The molecule has 0 aromatic heterocycles. The van der Waals surface area contributed by atoms with Crippen LogP contribution in [0.3, 0.4) is 0 Å². The third-order valence-electron chi connectivity index (χ3n) is 1.23. The molecule has 0 unspecified atom stereocenters. The minimum atomic E-state index is 0. The summed E-state index contributed by atoms with van der Waals surface area (Å²) in [7, 11) is 0. The molecule has 50 valence electrons. The molecule has 1 aliphatic rings. The first-order chi connectivity index (χ1) is 3.93. The van der Waals surface area contributed by atoms with Crippen molar-refractivity contribution in [1.82, 2.24) is 0 Å². The van der Waals surface area contributed by atoms with Gasteiger partial charge in [0.2, 0.25) is 0 Å². The summed E-state index contributed by atoms with van der Waals surface area (Å²) in [6.45, 7) is 3.81. The van der Waals surface area contributed by atoms with E-state index in [9.17, 15) is 0 Å². The molecule has 0 spiro atoms. The van der Waals surface area contributed by atoms with Crippen molar-refractivity contribution in [2.75, 3.05) is 13.2 Å². The number of ether oxygens (including phenoxy) is 2. The molecule has 0 saturated carbocycles. The smallest absolute Gasteiger partial charge is 0.157 e. The van der Waals surface area contributed by atoms with Gasteiger partial charge in [-0.3, -0.25) is 0 Å². The topological polar surface area (TPSA) is 18.5 Å². The quantitative estimate of drug-likeness (QED) is 0.565. The van der Waals surface area contributed by atoms with Gasteiger partial charge in [0.1, 0.15) is 0 Å². The monoisotopic (exact) mass is 180 g/mol. The summed E-state index contributed by atoms with van der Waals surface area (Å²) < 4.78 is 10.4. The first kappa shape index (κ1) is 9.54. The molecular weight excluding hydrogens is 169 g/mol. The van der Waals surface area contributed by atoms with Crippen LogP contribution in [0.1, 0.15) is 19.8 Å². The van der Waals surface area contributed by atoms with E-state index in [1.54, 1.807) is 0 Å². The predicted molar refractivity (Wildman–Crippen MR) is 30.6 cm³/mol. The van der Waals surface area contributed by atoms with Gasteiger partial charge in [0.05, 0.1) is 13.2 Å². The molecule has 0 aromatic carbocycles. The van der Waals surface area contributed by atoms with E-state index < -0.39 is 0 Å². The van der Waals surface area contributed by atoms with E-state index >= 15 is 0 Å². The van der Waals surface area contributed by atoms with Crippen molar-refractivity contribution >= 4 is 0 Å². The molecule has 9 heavy (non-hydrogen) atoms. The minimum Gasteiger partial charge on any atom is -0.353 e. The fourth-order valence-electron chi connectivity index (χ4n) is 0.772. The van der Waals surface area contributed by atoms with E-state index in [0.29, 0.717) is 0 Å². The maximum Gasteiger partial charge on any atom is 0.157 e. The third kappa shape index (κ3) is 3.29. The van der Waals surface area contributed by atoms with Crippen molar-refractivity contribution < 1.29 is 29.0 Å². The molecule has 0 bridgehead atoms. The van der Waals surface area contributed by atoms with E-state index in [1.807, 2.05) is 0 Å².